The minimum Gasteiger partial charge on any atom is -0.332 e. The van der Waals surface area contributed by atoms with E-state index in [4.69, 9.17) is 0 Å². The first-order chi connectivity index (χ1) is 14.0. The van der Waals surface area contributed by atoms with Crippen molar-refractivity contribution in [3.8, 4) is 0 Å². The Balaban J connectivity index is 1.62. The summed E-state index contributed by atoms with van der Waals surface area (Å²) in [6.45, 7) is 0.681. The first kappa shape index (κ1) is 19.7. The van der Waals surface area contributed by atoms with Gasteiger partial charge in [-0.1, -0.05) is 24.3 Å². The SMILES string of the molecule is CN(c1ccccc1)S(=O)(=O)c1cccc(C(=O)N2CCCC2c2ccsc2)c1. The molecule has 29 heavy (non-hydrogen) atoms. The van der Waals surface area contributed by atoms with Gasteiger partial charge in [0.1, 0.15) is 0 Å². The Kier molecular flexibility index (Phi) is 5.43. The second-order valence-electron chi connectivity index (χ2n) is 7.05. The zero-order valence-corrected chi connectivity index (χ0v) is 17.7. The average Bonchev–Trinajstić information content (AvgIpc) is 3.45. The topological polar surface area (TPSA) is 57.7 Å². The lowest BCUT2D eigenvalue weighted by molar-refractivity contribution is 0.0735. The van der Waals surface area contributed by atoms with Gasteiger partial charge in [-0.25, -0.2) is 8.42 Å². The third-order valence-corrected chi connectivity index (χ3v) is 7.78. The molecule has 1 aliphatic heterocycles. The number of benzene rings is 2. The molecule has 0 radical (unpaired) electrons. The second kappa shape index (κ2) is 8.00. The number of nitrogens with zero attached hydrogens (tertiary/aromatic N) is 2. The predicted molar refractivity (Wildman–Crippen MR) is 116 cm³/mol. The molecule has 1 aromatic heterocycles. The van der Waals surface area contributed by atoms with Crippen LogP contribution in [0.3, 0.4) is 0 Å². The second-order valence-corrected chi connectivity index (χ2v) is 9.80. The van der Waals surface area contributed by atoms with Crippen molar-refractivity contribution >= 4 is 33.0 Å². The predicted octanol–water partition coefficient (Wildman–Crippen LogP) is 4.55. The number of anilines is 1. The van der Waals surface area contributed by atoms with E-state index in [1.165, 1.54) is 23.5 Å². The maximum atomic E-state index is 13.2. The normalized spacial score (nSPS) is 16.7. The van der Waals surface area contributed by atoms with Crippen LogP contribution in [0.4, 0.5) is 5.69 Å². The van der Waals surface area contributed by atoms with Crippen molar-refractivity contribution in [1.82, 2.24) is 4.90 Å². The number of hydrogen-bond donors (Lipinski definition) is 0. The van der Waals surface area contributed by atoms with Crippen LogP contribution in [-0.4, -0.2) is 32.8 Å². The Morgan fingerprint density at radius 3 is 2.62 bits per heavy atom. The highest BCUT2D eigenvalue weighted by atomic mass is 32.2. The maximum Gasteiger partial charge on any atom is 0.264 e. The fourth-order valence-corrected chi connectivity index (χ4v) is 5.66. The number of sulfonamides is 1. The summed E-state index contributed by atoms with van der Waals surface area (Å²) in [6, 6.07) is 17.3. The minimum absolute atomic E-state index is 0.0565. The number of carbonyl (C=O) groups excluding carboxylic acids is 1. The summed E-state index contributed by atoms with van der Waals surface area (Å²) < 4.78 is 27.4. The van der Waals surface area contributed by atoms with Crippen molar-refractivity contribution in [2.45, 2.75) is 23.8 Å². The van der Waals surface area contributed by atoms with Gasteiger partial charge in [0.15, 0.2) is 0 Å². The van der Waals surface area contributed by atoms with Gasteiger partial charge < -0.3 is 4.90 Å². The molecule has 2 aromatic carbocycles. The van der Waals surface area contributed by atoms with E-state index in [1.807, 2.05) is 16.3 Å². The molecule has 0 aliphatic carbocycles. The van der Waals surface area contributed by atoms with Crippen molar-refractivity contribution in [2.75, 3.05) is 17.9 Å². The molecule has 1 aliphatic rings. The third-order valence-electron chi connectivity index (χ3n) is 5.30. The van der Waals surface area contributed by atoms with E-state index in [9.17, 15) is 13.2 Å². The van der Waals surface area contributed by atoms with Crippen molar-refractivity contribution < 1.29 is 13.2 Å². The molecule has 5 nitrogen and oxygen atoms in total. The molecule has 3 aromatic rings. The van der Waals surface area contributed by atoms with Crippen molar-refractivity contribution in [1.29, 1.82) is 0 Å². The first-order valence-corrected chi connectivity index (χ1v) is 11.8. The summed E-state index contributed by atoms with van der Waals surface area (Å²) in [7, 11) is -2.24. The van der Waals surface area contributed by atoms with Crippen LogP contribution in [0.25, 0.3) is 0 Å². The lowest BCUT2D eigenvalue weighted by Crippen LogP contribution is -2.31. The van der Waals surface area contributed by atoms with Crippen LogP contribution in [0.1, 0.15) is 34.8 Å². The smallest absolute Gasteiger partial charge is 0.264 e. The fourth-order valence-electron chi connectivity index (χ4n) is 3.71. The molecule has 2 heterocycles. The van der Waals surface area contributed by atoms with Gasteiger partial charge in [0.05, 0.1) is 16.6 Å². The van der Waals surface area contributed by atoms with Gasteiger partial charge in [-0.2, -0.15) is 11.3 Å². The van der Waals surface area contributed by atoms with Crippen LogP contribution < -0.4 is 4.31 Å². The number of thiophene rings is 1. The Labute approximate surface area is 175 Å². The highest BCUT2D eigenvalue weighted by Gasteiger charge is 2.31. The molecule has 4 rings (SSSR count). The van der Waals surface area contributed by atoms with Crippen molar-refractivity contribution in [3.05, 3.63) is 82.6 Å². The molecular formula is C22H22N2O3S2. The highest BCUT2D eigenvalue weighted by molar-refractivity contribution is 7.92. The molecule has 1 unspecified atom stereocenters. The summed E-state index contributed by atoms with van der Waals surface area (Å²) in [6.07, 6.45) is 1.87. The molecule has 0 saturated carbocycles. The summed E-state index contributed by atoms with van der Waals surface area (Å²) in [5.41, 5.74) is 2.12. The number of likely N-dealkylation sites (tertiary alicyclic amines) is 1. The van der Waals surface area contributed by atoms with Gasteiger partial charge in [0.25, 0.3) is 15.9 Å². The maximum absolute atomic E-state index is 13.2. The van der Waals surface area contributed by atoms with Crippen molar-refractivity contribution in [3.63, 3.8) is 0 Å². The van der Waals surface area contributed by atoms with E-state index in [0.717, 1.165) is 18.4 Å². The zero-order chi connectivity index (χ0) is 20.4. The molecule has 1 amide bonds. The molecule has 1 saturated heterocycles. The van der Waals surface area contributed by atoms with E-state index in [0.29, 0.717) is 17.8 Å². The molecule has 150 valence electrons. The summed E-state index contributed by atoms with van der Waals surface area (Å²) >= 11 is 1.62. The Morgan fingerprint density at radius 1 is 1.10 bits per heavy atom. The lowest BCUT2D eigenvalue weighted by atomic mass is 10.1. The van der Waals surface area contributed by atoms with Gasteiger partial charge in [-0.3, -0.25) is 9.10 Å². The van der Waals surface area contributed by atoms with Crippen LogP contribution in [-0.2, 0) is 10.0 Å². The summed E-state index contributed by atoms with van der Waals surface area (Å²) in [4.78, 5) is 15.2. The van der Waals surface area contributed by atoms with E-state index in [-0.39, 0.29) is 16.8 Å². The van der Waals surface area contributed by atoms with E-state index < -0.39 is 10.0 Å². The first-order valence-electron chi connectivity index (χ1n) is 9.45. The standard InChI is InChI=1S/C22H22N2O3S2/c1-23(19-8-3-2-4-9-19)29(26,27)20-10-5-7-17(15-20)22(25)24-13-6-11-21(24)18-12-14-28-16-18/h2-5,7-10,12,14-16,21H,6,11,13H2,1H3. The summed E-state index contributed by atoms with van der Waals surface area (Å²) in [5.74, 6) is -0.127. The number of rotatable bonds is 5. The minimum atomic E-state index is -3.76. The molecule has 0 spiro atoms. The monoisotopic (exact) mass is 426 g/mol. The summed E-state index contributed by atoms with van der Waals surface area (Å²) in [5, 5.41) is 4.09. The van der Waals surface area contributed by atoms with E-state index in [2.05, 4.69) is 11.4 Å². The number of amides is 1. The largest absolute Gasteiger partial charge is 0.332 e. The lowest BCUT2D eigenvalue weighted by Gasteiger charge is -2.25. The molecule has 0 bridgehead atoms. The quantitative estimate of drug-likeness (QED) is 0.601. The average molecular weight is 427 g/mol. The van der Waals surface area contributed by atoms with Gasteiger partial charge in [-0.05, 0) is 65.6 Å². The van der Waals surface area contributed by atoms with Crippen LogP contribution in [0.5, 0.6) is 0 Å². The molecule has 7 heteroatoms. The van der Waals surface area contributed by atoms with E-state index in [1.54, 1.807) is 47.7 Å². The van der Waals surface area contributed by atoms with Crippen LogP contribution in [0, 0.1) is 0 Å². The third kappa shape index (κ3) is 3.80. The van der Waals surface area contributed by atoms with Gasteiger partial charge in [-0.15, -0.1) is 0 Å². The van der Waals surface area contributed by atoms with Gasteiger partial charge in [0, 0.05) is 19.2 Å². The van der Waals surface area contributed by atoms with Gasteiger partial charge in [0.2, 0.25) is 0 Å². The molecular weight excluding hydrogens is 404 g/mol. The Hall–Kier alpha value is -2.64. The number of para-hydroxylation sites is 1. The van der Waals surface area contributed by atoms with Crippen molar-refractivity contribution in [2.24, 2.45) is 0 Å². The van der Waals surface area contributed by atoms with Gasteiger partial charge >= 0.3 is 0 Å². The number of carbonyl (C=O) groups is 1. The molecule has 1 atom stereocenters. The van der Waals surface area contributed by atoms with Crippen LogP contribution in [0.15, 0.2) is 76.3 Å². The zero-order valence-electron chi connectivity index (χ0n) is 16.1. The fraction of sp³-hybridized carbons (Fsp3) is 0.227. The molecule has 0 N–H and O–H groups in total. The Morgan fingerprint density at radius 2 is 1.90 bits per heavy atom. The van der Waals surface area contributed by atoms with E-state index >= 15 is 0 Å². The van der Waals surface area contributed by atoms with Crippen LogP contribution >= 0.6 is 11.3 Å². The van der Waals surface area contributed by atoms with Crippen LogP contribution in [0.2, 0.25) is 0 Å². The molecule has 1 fully saturated rings. The Bertz CT molecular complexity index is 1100. The highest BCUT2D eigenvalue weighted by Crippen LogP contribution is 2.34. The number of hydrogen-bond acceptors (Lipinski definition) is 4.